The Balaban J connectivity index is 2.32. The van der Waals surface area contributed by atoms with Gasteiger partial charge in [-0.1, -0.05) is 44.2 Å². The zero-order chi connectivity index (χ0) is 16.2. The van der Waals surface area contributed by atoms with Crippen LogP contribution >= 0.6 is 0 Å². The number of phenolic OH excluding ortho intramolecular Hbond substituents is 1. The first-order chi connectivity index (χ1) is 10.4. The van der Waals surface area contributed by atoms with Crippen molar-refractivity contribution in [1.29, 1.82) is 0 Å². The zero-order valence-electron chi connectivity index (χ0n) is 12.8. The molecule has 4 nitrogen and oxygen atoms in total. The Morgan fingerprint density at radius 2 is 1.59 bits per heavy atom. The van der Waals surface area contributed by atoms with E-state index < -0.39 is 17.6 Å². The van der Waals surface area contributed by atoms with Crippen molar-refractivity contribution in [1.82, 2.24) is 0 Å². The van der Waals surface area contributed by atoms with Crippen molar-refractivity contribution in [3.05, 3.63) is 60.2 Å². The van der Waals surface area contributed by atoms with E-state index in [0.29, 0.717) is 5.75 Å². The van der Waals surface area contributed by atoms with Crippen molar-refractivity contribution in [2.45, 2.75) is 31.5 Å². The first kappa shape index (κ1) is 16.3. The Bertz CT molecular complexity index is 578. The normalized spacial score (nSPS) is 14.4. The van der Waals surface area contributed by atoms with Crippen molar-refractivity contribution >= 4 is 0 Å². The molecule has 2 aromatic carbocycles. The van der Waals surface area contributed by atoms with Gasteiger partial charge in [-0.3, -0.25) is 0 Å². The molecule has 0 aliphatic rings. The van der Waals surface area contributed by atoms with E-state index in [-0.39, 0.29) is 12.4 Å². The SMILES string of the molecule is CC(C)(c1ccc(O)cc1)C(Oc1ccccc1)C(O)CO. The lowest BCUT2D eigenvalue weighted by Gasteiger charge is -2.37. The van der Waals surface area contributed by atoms with Crippen LogP contribution in [-0.4, -0.2) is 34.1 Å². The van der Waals surface area contributed by atoms with Crippen LogP contribution in [0.5, 0.6) is 11.5 Å². The minimum Gasteiger partial charge on any atom is -0.508 e. The van der Waals surface area contributed by atoms with E-state index in [1.165, 1.54) is 0 Å². The molecule has 118 valence electrons. The first-order valence-electron chi connectivity index (χ1n) is 7.25. The van der Waals surface area contributed by atoms with E-state index in [9.17, 15) is 15.3 Å². The molecule has 0 heterocycles. The molecule has 0 radical (unpaired) electrons. The van der Waals surface area contributed by atoms with Gasteiger partial charge < -0.3 is 20.1 Å². The average Bonchev–Trinajstić information content (AvgIpc) is 2.53. The minimum atomic E-state index is -1.02. The van der Waals surface area contributed by atoms with Crippen molar-refractivity contribution < 1.29 is 20.1 Å². The molecule has 0 saturated heterocycles. The Kier molecular flexibility index (Phi) is 5.06. The molecule has 2 unspecified atom stereocenters. The van der Waals surface area contributed by atoms with Crippen LogP contribution in [0.2, 0.25) is 0 Å². The lowest BCUT2D eigenvalue weighted by molar-refractivity contribution is -0.0327. The largest absolute Gasteiger partial charge is 0.508 e. The van der Waals surface area contributed by atoms with Gasteiger partial charge in [0.25, 0.3) is 0 Å². The van der Waals surface area contributed by atoms with Gasteiger partial charge in [-0.2, -0.15) is 0 Å². The Morgan fingerprint density at radius 1 is 1.00 bits per heavy atom. The average molecular weight is 302 g/mol. The molecule has 2 aromatic rings. The number of aliphatic hydroxyl groups is 2. The molecule has 22 heavy (non-hydrogen) atoms. The number of benzene rings is 2. The third-order valence-corrected chi connectivity index (χ3v) is 3.87. The van der Waals surface area contributed by atoms with Crippen LogP contribution in [-0.2, 0) is 5.41 Å². The highest BCUT2D eigenvalue weighted by Crippen LogP contribution is 2.33. The molecule has 0 aliphatic heterocycles. The highest BCUT2D eigenvalue weighted by atomic mass is 16.5. The summed E-state index contributed by atoms with van der Waals surface area (Å²) in [4.78, 5) is 0. The number of hydrogen-bond donors (Lipinski definition) is 3. The number of rotatable bonds is 6. The summed E-state index contributed by atoms with van der Waals surface area (Å²) in [6.07, 6.45) is -1.66. The monoisotopic (exact) mass is 302 g/mol. The molecule has 0 saturated carbocycles. The molecule has 3 N–H and O–H groups in total. The van der Waals surface area contributed by atoms with Crippen molar-refractivity contribution in [2.75, 3.05) is 6.61 Å². The van der Waals surface area contributed by atoms with Gasteiger partial charge in [-0.15, -0.1) is 0 Å². The Hall–Kier alpha value is -2.04. The third kappa shape index (κ3) is 3.59. The zero-order valence-corrected chi connectivity index (χ0v) is 12.8. The van der Waals surface area contributed by atoms with Gasteiger partial charge >= 0.3 is 0 Å². The van der Waals surface area contributed by atoms with Crippen LogP contribution in [0.25, 0.3) is 0 Å². The van der Waals surface area contributed by atoms with Gasteiger partial charge in [0.1, 0.15) is 23.7 Å². The molecular weight excluding hydrogens is 280 g/mol. The molecule has 4 heteroatoms. The summed E-state index contributed by atoms with van der Waals surface area (Å²) < 4.78 is 5.94. The fourth-order valence-electron chi connectivity index (χ4n) is 2.50. The number of hydrogen-bond acceptors (Lipinski definition) is 4. The predicted molar refractivity (Wildman–Crippen MR) is 85.1 cm³/mol. The summed E-state index contributed by atoms with van der Waals surface area (Å²) in [6.45, 7) is 3.48. The Labute approximate surface area is 130 Å². The van der Waals surface area contributed by atoms with Gasteiger partial charge in [0, 0.05) is 5.41 Å². The Morgan fingerprint density at radius 3 is 2.14 bits per heavy atom. The quantitative estimate of drug-likeness (QED) is 0.766. The maximum absolute atomic E-state index is 10.2. The molecule has 2 atom stereocenters. The van der Waals surface area contributed by atoms with E-state index >= 15 is 0 Å². The second-order valence-corrected chi connectivity index (χ2v) is 5.87. The number of para-hydroxylation sites is 1. The molecule has 0 aromatic heterocycles. The van der Waals surface area contributed by atoms with Crippen LogP contribution in [0.3, 0.4) is 0 Å². The number of aliphatic hydroxyl groups excluding tert-OH is 2. The lowest BCUT2D eigenvalue weighted by atomic mass is 9.77. The highest BCUT2D eigenvalue weighted by Gasteiger charge is 2.38. The summed E-state index contributed by atoms with van der Waals surface area (Å²) >= 11 is 0. The summed E-state index contributed by atoms with van der Waals surface area (Å²) in [6, 6.07) is 16.0. The fourth-order valence-corrected chi connectivity index (χ4v) is 2.50. The van der Waals surface area contributed by atoms with Gasteiger partial charge in [-0.05, 0) is 29.8 Å². The van der Waals surface area contributed by atoms with Crippen LogP contribution in [0, 0.1) is 0 Å². The number of ether oxygens (including phenoxy) is 1. The maximum Gasteiger partial charge on any atom is 0.136 e. The van der Waals surface area contributed by atoms with E-state index in [1.807, 2.05) is 44.2 Å². The van der Waals surface area contributed by atoms with E-state index in [2.05, 4.69) is 0 Å². The maximum atomic E-state index is 10.2. The first-order valence-corrected chi connectivity index (χ1v) is 7.25. The van der Waals surface area contributed by atoms with Crippen LogP contribution in [0.1, 0.15) is 19.4 Å². The molecule has 0 spiro atoms. The minimum absolute atomic E-state index is 0.183. The standard InChI is InChI=1S/C18H22O4/c1-18(2,13-8-10-14(20)11-9-13)17(16(21)12-19)22-15-6-4-3-5-7-15/h3-11,16-17,19-21H,12H2,1-2H3. The topological polar surface area (TPSA) is 69.9 Å². The van der Waals surface area contributed by atoms with Gasteiger partial charge in [0.15, 0.2) is 0 Å². The number of aromatic hydroxyl groups is 1. The van der Waals surface area contributed by atoms with Crippen LogP contribution in [0.4, 0.5) is 0 Å². The molecule has 0 bridgehead atoms. The van der Waals surface area contributed by atoms with Gasteiger partial charge in [-0.25, -0.2) is 0 Å². The summed E-state index contributed by atoms with van der Waals surface area (Å²) in [5, 5.41) is 29.0. The van der Waals surface area contributed by atoms with Crippen molar-refractivity contribution in [3.63, 3.8) is 0 Å². The molecule has 2 rings (SSSR count). The third-order valence-electron chi connectivity index (χ3n) is 3.87. The highest BCUT2D eigenvalue weighted by molar-refractivity contribution is 5.33. The van der Waals surface area contributed by atoms with Crippen molar-refractivity contribution in [2.24, 2.45) is 0 Å². The summed E-state index contributed by atoms with van der Waals surface area (Å²) in [5.41, 5.74) is 0.338. The summed E-state index contributed by atoms with van der Waals surface area (Å²) in [5.74, 6) is 0.814. The van der Waals surface area contributed by atoms with Crippen LogP contribution < -0.4 is 4.74 Å². The molecule has 0 aliphatic carbocycles. The second kappa shape index (κ2) is 6.81. The smallest absolute Gasteiger partial charge is 0.136 e. The molecule has 0 fully saturated rings. The van der Waals surface area contributed by atoms with Gasteiger partial charge in [0.05, 0.1) is 6.61 Å². The van der Waals surface area contributed by atoms with E-state index in [4.69, 9.17) is 4.74 Å². The van der Waals surface area contributed by atoms with E-state index in [0.717, 1.165) is 5.56 Å². The lowest BCUT2D eigenvalue weighted by Crippen LogP contribution is -2.48. The predicted octanol–water partition coefficient (Wildman–Crippen LogP) is 2.47. The fraction of sp³-hybridized carbons (Fsp3) is 0.333. The second-order valence-electron chi connectivity index (χ2n) is 5.87. The molecular formula is C18H22O4. The van der Waals surface area contributed by atoms with Crippen molar-refractivity contribution in [3.8, 4) is 11.5 Å². The summed E-state index contributed by atoms with van der Waals surface area (Å²) in [7, 11) is 0. The number of phenols is 1. The van der Waals surface area contributed by atoms with E-state index in [1.54, 1.807) is 24.3 Å². The van der Waals surface area contributed by atoms with Gasteiger partial charge in [0.2, 0.25) is 0 Å². The molecule has 0 amide bonds. The van der Waals surface area contributed by atoms with Crippen LogP contribution in [0.15, 0.2) is 54.6 Å².